The number of piperidine rings is 1. The number of nitrogens with zero attached hydrogens (tertiary/aromatic N) is 1. The van der Waals surface area contributed by atoms with E-state index in [-0.39, 0.29) is 18.6 Å². The summed E-state index contributed by atoms with van der Waals surface area (Å²) >= 11 is 6.03. The Morgan fingerprint density at radius 1 is 1.47 bits per heavy atom. The van der Waals surface area contributed by atoms with Gasteiger partial charge in [0, 0.05) is 42.3 Å². The minimum Gasteiger partial charge on any atom is -0.392 e. The molecule has 4 nitrogen and oxygen atoms in total. The number of anilines is 1. The number of nitrogens with one attached hydrogen (secondary N) is 1. The number of hydrogen-bond acceptors (Lipinski definition) is 3. The van der Waals surface area contributed by atoms with Crippen LogP contribution in [0.1, 0.15) is 25.3 Å². The minimum atomic E-state index is 0.0120. The van der Waals surface area contributed by atoms with Gasteiger partial charge in [-0.2, -0.15) is 0 Å². The van der Waals surface area contributed by atoms with Crippen molar-refractivity contribution in [3.63, 3.8) is 0 Å². The number of amides is 1. The molecule has 0 atom stereocenters. The molecule has 0 unspecified atom stereocenters. The first kappa shape index (κ1) is 14.2. The number of halogens is 1. The predicted molar refractivity (Wildman–Crippen MR) is 76.4 cm³/mol. The van der Waals surface area contributed by atoms with Gasteiger partial charge in [0.15, 0.2) is 0 Å². The first-order valence-electron chi connectivity index (χ1n) is 6.51. The number of aliphatic hydroxyl groups is 1. The summed E-state index contributed by atoms with van der Waals surface area (Å²) in [4.78, 5) is 13.3. The zero-order valence-corrected chi connectivity index (χ0v) is 11.8. The molecule has 0 aliphatic carbocycles. The molecule has 19 heavy (non-hydrogen) atoms. The van der Waals surface area contributed by atoms with Gasteiger partial charge in [-0.1, -0.05) is 17.7 Å². The van der Waals surface area contributed by atoms with Crippen LogP contribution in [-0.2, 0) is 11.4 Å². The highest BCUT2D eigenvalue weighted by molar-refractivity contribution is 6.30. The fraction of sp³-hybridized carbons (Fsp3) is 0.500. The fourth-order valence-electron chi connectivity index (χ4n) is 2.52. The molecule has 0 aromatic heterocycles. The lowest BCUT2D eigenvalue weighted by molar-refractivity contribution is -0.119. The molecule has 2 N–H and O–H groups in total. The molecule has 1 amide bonds. The van der Waals surface area contributed by atoms with E-state index >= 15 is 0 Å². The monoisotopic (exact) mass is 282 g/mol. The molecule has 1 saturated heterocycles. The third-order valence-corrected chi connectivity index (χ3v) is 3.70. The van der Waals surface area contributed by atoms with Crippen molar-refractivity contribution < 1.29 is 9.90 Å². The molecule has 1 aromatic carbocycles. The second-order valence-electron chi connectivity index (χ2n) is 4.89. The highest BCUT2D eigenvalue weighted by atomic mass is 35.5. The Morgan fingerprint density at radius 3 is 2.74 bits per heavy atom. The predicted octanol–water partition coefficient (Wildman–Crippen LogP) is 1.94. The Bertz CT molecular complexity index is 457. The molecular weight excluding hydrogens is 264 g/mol. The molecule has 2 rings (SSSR count). The van der Waals surface area contributed by atoms with Crippen molar-refractivity contribution in [3.8, 4) is 0 Å². The quantitative estimate of drug-likeness (QED) is 0.891. The third kappa shape index (κ3) is 3.61. The number of hydrogen-bond donors (Lipinski definition) is 2. The lowest BCUT2D eigenvalue weighted by Gasteiger charge is -2.34. The summed E-state index contributed by atoms with van der Waals surface area (Å²) in [7, 11) is 0. The maximum absolute atomic E-state index is 11.0. The van der Waals surface area contributed by atoms with E-state index in [4.69, 9.17) is 11.6 Å². The zero-order chi connectivity index (χ0) is 13.8. The molecule has 0 radical (unpaired) electrons. The first-order chi connectivity index (χ1) is 9.10. The van der Waals surface area contributed by atoms with Crippen molar-refractivity contribution in [1.29, 1.82) is 0 Å². The summed E-state index contributed by atoms with van der Waals surface area (Å²) in [6, 6.07) is 5.80. The van der Waals surface area contributed by atoms with Gasteiger partial charge in [0.25, 0.3) is 0 Å². The summed E-state index contributed by atoms with van der Waals surface area (Å²) in [6.07, 6.45) is 1.83. The van der Waals surface area contributed by atoms with Crippen LogP contribution < -0.4 is 10.2 Å². The van der Waals surface area contributed by atoms with Gasteiger partial charge in [0.1, 0.15) is 0 Å². The van der Waals surface area contributed by atoms with E-state index < -0.39 is 0 Å². The molecule has 1 aliphatic heterocycles. The van der Waals surface area contributed by atoms with Gasteiger partial charge in [-0.25, -0.2) is 0 Å². The van der Waals surface area contributed by atoms with Crippen molar-refractivity contribution in [1.82, 2.24) is 5.32 Å². The van der Waals surface area contributed by atoms with Crippen LogP contribution in [0.4, 0.5) is 5.69 Å². The maximum Gasteiger partial charge on any atom is 0.217 e. The topological polar surface area (TPSA) is 52.6 Å². The first-order valence-corrected chi connectivity index (χ1v) is 6.89. The van der Waals surface area contributed by atoms with Gasteiger partial charge in [0.2, 0.25) is 5.91 Å². The lowest BCUT2D eigenvalue weighted by atomic mass is 10.0. The highest BCUT2D eigenvalue weighted by Gasteiger charge is 2.21. The van der Waals surface area contributed by atoms with E-state index in [0.717, 1.165) is 37.2 Å². The molecule has 5 heteroatoms. The average Bonchev–Trinajstić information content (AvgIpc) is 2.39. The Balaban J connectivity index is 2.05. The number of rotatable bonds is 3. The van der Waals surface area contributed by atoms with Crippen LogP contribution >= 0.6 is 11.6 Å². The van der Waals surface area contributed by atoms with Crippen LogP contribution in [0.2, 0.25) is 5.02 Å². The summed E-state index contributed by atoms with van der Waals surface area (Å²) < 4.78 is 0. The van der Waals surface area contributed by atoms with Crippen LogP contribution in [0.3, 0.4) is 0 Å². The maximum atomic E-state index is 11.0. The molecule has 0 bridgehead atoms. The number of carbonyl (C=O) groups excluding carboxylic acids is 1. The van der Waals surface area contributed by atoms with Gasteiger partial charge in [0.05, 0.1) is 6.61 Å². The SMILES string of the molecule is CC(=O)NC1CCN(c2cc(Cl)ccc2CO)CC1. The summed E-state index contributed by atoms with van der Waals surface area (Å²) in [5.41, 5.74) is 1.89. The second-order valence-corrected chi connectivity index (χ2v) is 5.33. The van der Waals surface area contributed by atoms with E-state index in [2.05, 4.69) is 10.2 Å². The summed E-state index contributed by atoms with van der Waals surface area (Å²) in [5, 5.41) is 13.0. The van der Waals surface area contributed by atoms with Crippen molar-refractivity contribution >= 4 is 23.2 Å². The van der Waals surface area contributed by atoms with Crippen LogP contribution in [0.15, 0.2) is 18.2 Å². The van der Waals surface area contributed by atoms with E-state index in [0.29, 0.717) is 5.02 Å². The standard InChI is InChI=1S/C14H19ClN2O2/c1-10(19)16-13-4-6-17(7-5-13)14-8-12(15)3-2-11(14)9-18/h2-3,8,13,18H,4-7,9H2,1H3,(H,16,19). The highest BCUT2D eigenvalue weighted by Crippen LogP contribution is 2.27. The van der Waals surface area contributed by atoms with Crippen LogP contribution in [0, 0.1) is 0 Å². The normalized spacial score (nSPS) is 16.5. The Hall–Kier alpha value is -1.26. The van der Waals surface area contributed by atoms with E-state index in [9.17, 15) is 9.90 Å². The molecule has 104 valence electrons. The molecule has 1 fully saturated rings. The Morgan fingerprint density at radius 2 is 2.16 bits per heavy atom. The van der Waals surface area contributed by atoms with Crippen molar-refractivity contribution in [2.75, 3.05) is 18.0 Å². The minimum absolute atomic E-state index is 0.0120. The number of carbonyl (C=O) groups is 1. The van der Waals surface area contributed by atoms with Gasteiger partial charge in [-0.3, -0.25) is 4.79 Å². The van der Waals surface area contributed by atoms with E-state index in [1.807, 2.05) is 12.1 Å². The summed E-state index contributed by atoms with van der Waals surface area (Å²) in [5.74, 6) is 0.0252. The average molecular weight is 283 g/mol. The van der Waals surface area contributed by atoms with Crippen LogP contribution in [-0.4, -0.2) is 30.1 Å². The second kappa shape index (κ2) is 6.26. The largest absolute Gasteiger partial charge is 0.392 e. The van der Waals surface area contributed by atoms with Gasteiger partial charge in [-0.05, 0) is 25.0 Å². The molecule has 1 aliphatic rings. The molecule has 1 aromatic rings. The lowest BCUT2D eigenvalue weighted by Crippen LogP contribution is -2.44. The van der Waals surface area contributed by atoms with Crippen molar-refractivity contribution in [2.24, 2.45) is 0 Å². The Labute approximate surface area is 118 Å². The smallest absolute Gasteiger partial charge is 0.217 e. The van der Waals surface area contributed by atoms with Crippen LogP contribution in [0.5, 0.6) is 0 Å². The zero-order valence-electron chi connectivity index (χ0n) is 11.0. The van der Waals surface area contributed by atoms with Gasteiger partial charge in [-0.15, -0.1) is 0 Å². The number of benzene rings is 1. The molecule has 1 heterocycles. The third-order valence-electron chi connectivity index (χ3n) is 3.46. The van der Waals surface area contributed by atoms with E-state index in [1.54, 1.807) is 13.0 Å². The Kier molecular flexibility index (Phi) is 4.66. The van der Waals surface area contributed by atoms with Crippen LogP contribution in [0.25, 0.3) is 0 Å². The molecule has 0 spiro atoms. The van der Waals surface area contributed by atoms with Gasteiger partial charge < -0.3 is 15.3 Å². The molecule has 0 saturated carbocycles. The number of aliphatic hydroxyl groups excluding tert-OH is 1. The van der Waals surface area contributed by atoms with Gasteiger partial charge >= 0.3 is 0 Å². The van der Waals surface area contributed by atoms with Crippen molar-refractivity contribution in [2.45, 2.75) is 32.4 Å². The van der Waals surface area contributed by atoms with E-state index in [1.165, 1.54) is 0 Å². The summed E-state index contributed by atoms with van der Waals surface area (Å²) in [6.45, 7) is 3.28. The van der Waals surface area contributed by atoms with Crippen molar-refractivity contribution in [3.05, 3.63) is 28.8 Å². The fourth-order valence-corrected chi connectivity index (χ4v) is 2.68. The molecular formula is C14H19ClN2O2.